The van der Waals surface area contributed by atoms with Crippen molar-refractivity contribution >= 4 is 17.4 Å². The number of aliphatic hydroxyl groups is 1. The average molecular weight is 444 g/mol. The maximum Gasteiger partial charge on any atom is 0.322 e. The SMILES string of the molecule is C=C=C1C=C(Cc2ccc(/C3=C/C=C\C=C\CC3)cc2)CC(C)C(O)=C1C(=O)NCC(=O)O. The normalized spacial score (nSPS) is 22.0. The molecule has 0 aliphatic heterocycles. The summed E-state index contributed by atoms with van der Waals surface area (Å²) in [6.45, 7) is 4.98. The fourth-order valence-electron chi connectivity index (χ4n) is 4.03. The largest absolute Gasteiger partial charge is 0.511 e. The highest BCUT2D eigenvalue weighted by molar-refractivity contribution is 6.00. The quantitative estimate of drug-likeness (QED) is 0.527. The van der Waals surface area contributed by atoms with Gasteiger partial charge in [0.1, 0.15) is 12.3 Å². The van der Waals surface area contributed by atoms with Crippen LogP contribution in [0.4, 0.5) is 0 Å². The lowest BCUT2D eigenvalue weighted by atomic mass is 9.93. The highest BCUT2D eigenvalue weighted by atomic mass is 16.4. The standard InChI is InChI=1S/C28H29NO4/c1-3-22-17-21(15-19(2)27(32)26(22)28(33)29-18-25(30)31)16-20-11-13-24(14-12-20)23-9-7-5-4-6-8-10-23/h4-7,9,11-14,17,19,32H,1,8,10,15-16,18H2,2H3,(H,29,33)(H,30,31)/b6-4+,7-5-,23-9+. The second kappa shape index (κ2) is 11.2. The first-order valence-corrected chi connectivity index (χ1v) is 11.0. The Kier molecular flexibility index (Phi) is 8.06. The van der Waals surface area contributed by atoms with Crippen LogP contribution in [0.5, 0.6) is 0 Å². The Labute approximate surface area is 194 Å². The summed E-state index contributed by atoms with van der Waals surface area (Å²) in [4.78, 5) is 23.4. The van der Waals surface area contributed by atoms with Gasteiger partial charge in [-0.1, -0.05) is 73.7 Å². The molecular weight excluding hydrogens is 414 g/mol. The zero-order valence-corrected chi connectivity index (χ0v) is 18.8. The zero-order chi connectivity index (χ0) is 23.8. The number of aliphatic hydroxyl groups excluding tert-OH is 1. The number of aliphatic carboxylic acids is 1. The summed E-state index contributed by atoms with van der Waals surface area (Å²) in [6.07, 6.45) is 15.5. The van der Waals surface area contributed by atoms with Crippen molar-refractivity contribution in [2.45, 2.75) is 32.6 Å². The van der Waals surface area contributed by atoms with E-state index in [2.05, 4.69) is 66.2 Å². The number of amides is 1. The number of carbonyl (C=O) groups excluding carboxylic acids is 1. The van der Waals surface area contributed by atoms with Gasteiger partial charge in [-0.15, -0.1) is 5.73 Å². The number of carboxylic acids is 1. The van der Waals surface area contributed by atoms with Crippen LogP contribution in [-0.2, 0) is 16.0 Å². The van der Waals surface area contributed by atoms with Crippen LogP contribution in [0.2, 0.25) is 0 Å². The second-order valence-corrected chi connectivity index (χ2v) is 8.25. The summed E-state index contributed by atoms with van der Waals surface area (Å²) >= 11 is 0. The van der Waals surface area contributed by atoms with Crippen LogP contribution < -0.4 is 5.32 Å². The molecular formula is C28H29NO4. The summed E-state index contributed by atoms with van der Waals surface area (Å²) in [5.41, 5.74) is 7.79. The van der Waals surface area contributed by atoms with Gasteiger partial charge in [0.05, 0.1) is 5.57 Å². The van der Waals surface area contributed by atoms with Crippen molar-refractivity contribution in [1.82, 2.24) is 5.32 Å². The molecule has 0 saturated carbocycles. The number of hydrogen-bond acceptors (Lipinski definition) is 3. The Balaban J connectivity index is 1.79. The summed E-state index contributed by atoms with van der Waals surface area (Å²) < 4.78 is 0. The van der Waals surface area contributed by atoms with E-state index in [1.807, 2.05) is 19.1 Å². The van der Waals surface area contributed by atoms with Crippen molar-refractivity contribution in [3.63, 3.8) is 0 Å². The Morgan fingerprint density at radius 3 is 2.64 bits per heavy atom. The molecule has 3 N–H and O–H groups in total. The highest BCUT2D eigenvalue weighted by Crippen LogP contribution is 2.32. The molecule has 2 aliphatic rings. The van der Waals surface area contributed by atoms with Crippen molar-refractivity contribution in [2.24, 2.45) is 5.92 Å². The van der Waals surface area contributed by atoms with Crippen LogP contribution in [0.1, 0.15) is 37.3 Å². The average Bonchev–Trinajstić information content (AvgIpc) is 2.88. The molecule has 33 heavy (non-hydrogen) atoms. The van der Waals surface area contributed by atoms with E-state index in [9.17, 15) is 14.7 Å². The van der Waals surface area contributed by atoms with Gasteiger partial charge in [-0.25, -0.2) is 0 Å². The Bertz CT molecular complexity index is 1120. The Morgan fingerprint density at radius 2 is 1.94 bits per heavy atom. The van der Waals surface area contributed by atoms with Crippen LogP contribution in [-0.4, -0.2) is 28.6 Å². The van der Waals surface area contributed by atoms with Gasteiger partial charge >= 0.3 is 5.97 Å². The number of hydrogen-bond donors (Lipinski definition) is 3. The van der Waals surface area contributed by atoms with Crippen LogP contribution >= 0.6 is 0 Å². The van der Waals surface area contributed by atoms with Gasteiger partial charge in [-0.3, -0.25) is 9.59 Å². The van der Waals surface area contributed by atoms with Gasteiger partial charge in [-0.05, 0) is 48.5 Å². The molecule has 0 spiro atoms. The molecule has 1 unspecified atom stereocenters. The smallest absolute Gasteiger partial charge is 0.322 e. The molecule has 3 rings (SSSR count). The van der Waals surface area contributed by atoms with E-state index in [1.165, 1.54) is 11.1 Å². The van der Waals surface area contributed by atoms with Crippen LogP contribution in [0, 0.1) is 5.92 Å². The molecule has 1 aromatic carbocycles. The third-order valence-electron chi connectivity index (χ3n) is 5.72. The predicted octanol–water partition coefficient (Wildman–Crippen LogP) is 5.21. The third kappa shape index (κ3) is 6.34. The Morgan fingerprint density at radius 1 is 1.18 bits per heavy atom. The first kappa shape index (κ1) is 23.8. The van der Waals surface area contributed by atoms with E-state index in [-0.39, 0.29) is 17.3 Å². The van der Waals surface area contributed by atoms with Crippen molar-refractivity contribution in [1.29, 1.82) is 0 Å². The minimum Gasteiger partial charge on any atom is -0.511 e. The molecule has 2 aliphatic carbocycles. The predicted molar refractivity (Wildman–Crippen MR) is 130 cm³/mol. The molecule has 5 nitrogen and oxygen atoms in total. The fourth-order valence-corrected chi connectivity index (χ4v) is 4.03. The van der Waals surface area contributed by atoms with Gasteiger partial charge in [0, 0.05) is 11.5 Å². The Hall–Kier alpha value is -3.82. The minimum absolute atomic E-state index is 0.0300. The van der Waals surface area contributed by atoms with Gasteiger partial charge in [0.15, 0.2) is 0 Å². The zero-order valence-electron chi connectivity index (χ0n) is 18.8. The van der Waals surface area contributed by atoms with Crippen LogP contribution in [0.3, 0.4) is 0 Å². The number of allylic oxidation sites excluding steroid dienone is 9. The monoisotopic (exact) mass is 443 g/mol. The van der Waals surface area contributed by atoms with E-state index >= 15 is 0 Å². The molecule has 170 valence electrons. The van der Waals surface area contributed by atoms with Crippen LogP contribution in [0.15, 0.2) is 95.5 Å². The van der Waals surface area contributed by atoms with Crippen LogP contribution in [0.25, 0.3) is 5.57 Å². The third-order valence-corrected chi connectivity index (χ3v) is 5.72. The number of benzene rings is 1. The lowest BCUT2D eigenvalue weighted by Crippen LogP contribution is -2.31. The number of carboxylic acid groups (broad SMARTS) is 1. The lowest BCUT2D eigenvalue weighted by molar-refractivity contribution is -0.137. The summed E-state index contributed by atoms with van der Waals surface area (Å²) in [5, 5.41) is 21.9. The van der Waals surface area contributed by atoms with E-state index in [0.717, 1.165) is 24.0 Å². The molecule has 1 amide bonds. The maximum absolute atomic E-state index is 12.6. The second-order valence-electron chi connectivity index (χ2n) is 8.25. The molecule has 0 heterocycles. The van der Waals surface area contributed by atoms with E-state index in [4.69, 9.17) is 5.11 Å². The molecule has 0 aromatic heterocycles. The lowest BCUT2D eigenvalue weighted by Gasteiger charge is -2.14. The van der Waals surface area contributed by atoms with Gasteiger partial charge in [0.25, 0.3) is 5.91 Å². The molecule has 0 bridgehead atoms. The molecule has 5 heteroatoms. The first-order chi connectivity index (χ1) is 15.9. The molecule has 0 radical (unpaired) electrons. The summed E-state index contributed by atoms with van der Waals surface area (Å²) in [6, 6.07) is 8.48. The van der Waals surface area contributed by atoms with E-state index in [0.29, 0.717) is 18.4 Å². The van der Waals surface area contributed by atoms with Gasteiger partial charge < -0.3 is 15.5 Å². The van der Waals surface area contributed by atoms with Crippen molar-refractivity contribution in [3.05, 3.63) is 107 Å². The van der Waals surface area contributed by atoms with E-state index in [1.54, 1.807) is 0 Å². The maximum atomic E-state index is 12.6. The molecule has 1 aromatic rings. The highest BCUT2D eigenvalue weighted by Gasteiger charge is 2.26. The minimum atomic E-state index is -1.16. The number of carbonyl (C=O) groups is 2. The molecule has 0 fully saturated rings. The molecule has 0 saturated heterocycles. The summed E-state index contributed by atoms with van der Waals surface area (Å²) in [5.74, 6) is -2.18. The first-order valence-electron chi connectivity index (χ1n) is 11.0. The number of nitrogens with one attached hydrogen (secondary N) is 1. The summed E-state index contributed by atoms with van der Waals surface area (Å²) in [7, 11) is 0. The van der Waals surface area contributed by atoms with Crippen molar-refractivity contribution < 1.29 is 19.8 Å². The fraction of sp³-hybridized carbons (Fsp3) is 0.250. The topological polar surface area (TPSA) is 86.6 Å². The van der Waals surface area contributed by atoms with Gasteiger partial charge in [0.2, 0.25) is 0 Å². The van der Waals surface area contributed by atoms with E-state index < -0.39 is 18.4 Å². The molecule has 1 atom stereocenters. The van der Waals surface area contributed by atoms with Crippen molar-refractivity contribution in [2.75, 3.05) is 6.54 Å². The number of rotatable bonds is 6. The van der Waals surface area contributed by atoms with Gasteiger partial charge in [-0.2, -0.15) is 0 Å². The van der Waals surface area contributed by atoms with Crippen molar-refractivity contribution in [3.8, 4) is 0 Å².